The van der Waals surface area contributed by atoms with Crippen LogP contribution in [0.15, 0.2) is 24.3 Å². The van der Waals surface area contributed by atoms with Crippen LogP contribution in [-0.4, -0.2) is 30.4 Å². The molecule has 0 aliphatic carbocycles. The minimum absolute atomic E-state index is 0.233. The molecular formula is C15H21ClN2O. The van der Waals surface area contributed by atoms with Gasteiger partial charge in [-0.1, -0.05) is 29.8 Å². The summed E-state index contributed by atoms with van der Waals surface area (Å²) in [6.07, 6.45) is 1.75. The van der Waals surface area contributed by atoms with Crippen molar-refractivity contribution >= 4 is 17.5 Å². The zero-order valence-electron chi connectivity index (χ0n) is 11.4. The van der Waals surface area contributed by atoms with Crippen molar-refractivity contribution in [1.82, 2.24) is 10.2 Å². The molecule has 1 fully saturated rings. The summed E-state index contributed by atoms with van der Waals surface area (Å²) < 4.78 is 0. The predicted molar refractivity (Wildman–Crippen MR) is 78.1 cm³/mol. The average molecular weight is 281 g/mol. The standard InChI is InChI=1S/C15H21ClN2O/c1-2-18(11-13-5-3-4-6-14(13)16)15(19)9-12-7-8-17-10-12/h3-6,12,17H,2,7-11H2,1H3. The molecule has 1 amide bonds. The van der Waals surface area contributed by atoms with Crippen LogP contribution < -0.4 is 5.32 Å². The molecule has 2 rings (SSSR count). The zero-order chi connectivity index (χ0) is 13.7. The van der Waals surface area contributed by atoms with Gasteiger partial charge in [-0.15, -0.1) is 0 Å². The van der Waals surface area contributed by atoms with E-state index in [1.165, 1.54) is 0 Å². The van der Waals surface area contributed by atoms with Gasteiger partial charge in [0.15, 0.2) is 0 Å². The van der Waals surface area contributed by atoms with Crippen molar-refractivity contribution in [2.75, 3.05) is 19.6 Å². The summed E-state index contributed by atoms with van der Waals surface area (Å²) >= 11 is 6.15. The molecule has 104 valence electrons. The van der Waals surface area contributed by atoms with Crippen LogP contribution in [0.2, 0.25) is 5.02 Å². The number of amides is 1. The largest absolute Gasteiger partial charge is 0.339 e. The fourth-order valence-electron chi connectivity index (χ4n) is 2.47. The van der Waals surface area contributed by atoms with Gasteiger partial charge in [-0.3, -0.25) is 4.79 Å². The quantitative estimate of drug-likeness (QED) is 0.899. The second-order valence-corrected chi connectivity index (χ2v) is 5.47. The molecule has 1 aromatic carbocycles. The van der Waals surface area contributed by atoms with Gasteiger partial charge in [0.25, 0.3) is 0 Å². The Morgan fingerprint density at radius 1 is 1.47 bits per heavy atom. The summed E-state index contributed by atoms with van der Waals surface area (Å²) in [6, 6.07) is 7.72. The molecule has 1 unspecified atom stereocenters. The van der Waals surface area contributed by atoms with Gasteiger partial charge < -0.3 is 10.2 Å². The van der Waals surface area contributed by atoms with Crippen LogP contribution >= 0.6 is 11.6 Å². The van der Waals surface area contributed by atoms with E-state index in [1.54, 1.807) is 0 Å². The summed E-state index contributed by atoms with van der Waals surface area (Å²) in [6.45, 7) is 5.35. The number of carbonyl (C=O) groups excluding carboxylic acids is 1. The van der Waals surface area contributed by atoms with E-state index in [0.29, 0.717) is 18.9 Å². The smallest absolute Gasteiger partial charge is 0.223 e. The van der Waals surface area contributed by atoms with Crippen LogP contribution in [0.25, 0.3) is 0 Å². The minimum Gasteiger partial charge on any atom is -0.339 e. The number of hydrogen-bond donors (Lipinski definition) is 1. The lowest BCUT2D eigenvalue weighted by Gasteiger charge is -2.23. The van der Waals surface area contributed by atoms with Crippen LogP contribution in [0.5, 0.6) is 0 Å². The number of carbonyl (C=O) groups is 1. The SMILES string of the molecule is CCN(Cc1ccccc1Cl)C(=O)CC1CCNC1. The van der Waals surface area contributed by atoms with Crippen LogP contribution in [-0.2, 0) is 11.3 Å². The van der Waals surface area contributed by atoms with Crippen LogP contribution in [0.4, 0.5) is 0 Å². The molecule has 1 aliphatic heterocycles. The molecule has 0 saturated carbocycles. The molecule has 1 saturated heterocycles. The Morgan fingerprint density at radius 3 is 2.89 bits per heavy atom. The van der Waals surface area contributed by atoms with E-state index in [1.807, 2.05) is 36.1 Å². The summed E-state index contributed by atoms with van der Waals surface area (Å²) in [4.78, 5) is 14.2. The van der Waals surface area contributed by atoms with Gasteiger partial charge >= 0.3 is 0 Å². The van der Waals surface area contributed by atoms with E-state index in [9.17, 15) is 4.79 Å². The van der Waals surface area contributed by atoms with E-state index in [-0.39, 0.29) is 5.91 Å². The Morgan fingerprint density at radius 2 is 2.26 bits per heavy atom. The number of nitrogens with zero attached hydrogens (tertiary/aromatic N) is 1. The van der Waals surface area contributed by atoms with Crippen molar-refractivity contribution in [3.63, 3.8) is 0 Å². The van der Waals surface area contributed by atoms with Crippen molar-refractivity contribution in [3.05, 3.63) is 34.9 Å². The summed E-state index contributed by atoms with van der Waals surface area (Å²) in [7, 11) is 0. The van der Waals surface area contributed by atoms with E-state index in [0.717, 1.165) is 36.6 Å². The van der Waals surface area contributed by atoms with Crippen molar-refractivity contribution in [1.29, 1.82) is 0 Å². The summed E-state index contributed by atoms with van der Waals surface area (Å²) in [5.41, 5.74) is 1.02. The normalized spacial score (nSPS) is 18.5. The number of hydrogen-bond acceptors (Lipinski definition) is 2. The van der Waals surface area contributed by atoms with Crippen molar-refractivity contribution in [2.45, 2.75) is 26.3 Å². The van der Waals surface area contributed by atoms with Crippen molar-refractivity contribution in [2.24, 2.45) is 5.92 Å². The Kier molecular flexibility index (Phi) is 5.23. The highest BCUT2D eigenvalue weighted by Crippen LogP contribution is 2.19. The third-order valence-electron chi connectivity index (χ3n) is 3.68. The lowest BCUT2D eigenvalue weighted by molar-refractivity contribution is -0.132. The molecular weight excluding hydrogens is 260 g/mol. The summed E-state index contributed by atoms with van der Waals surface area (Å²) in [5.74, 6) is 0.726. The van der Waals surface area contributed by atoms with E-state index in [2.05, 4.69) is 5.32 Å². The minimum atomic E-state index is 0.233. The van der Waals surface area contributed by atoms with E-state index >= 15 is 0 Å². The molecule has 1 N–H and O–H groups in total. The number of nitrogens with one attached hydrogen (secondary N) is 1. The van der Waals surface area contributed by atoms with E-state index < -0.39 is 0 Å². The second-order valence-electron chi connectivity index (χ2n) is 5.06. The highest BCUT2D eigenvalue weighted by molar-refractivity contribution is 6.31. The molecule has 1 heterocycles. The van der Waals surface area contributed by atoms with Crippen LogP contribution in [0, 0.1) is 5.92 Å². The molecule has 4 heteroatoms. The Labute approximate surface area is 119 Å². The first-order valence-corrected chi connectivity index (χ1v) is 7.30. The number of benzene rings is 1. The third-order valence-corrected chi connectivity index (χ3v) is 4.05. The molecule has 0 radical (unpaired) electrons. The maximum absolute atomic E-state index is 12.3. The van der Waals surface area contributed by atoms with Crippen LogP contribution in [0.1, 0.15) is 25.3 Å². The topological polar surface area (TPSA) is 32.3 Å². The van der Waals surface area contributed by atoms with Crippen molar-refractivity contribution in [3.8, 4) is 0 Å². The maximum atomic E-state index is 12.3. The fraction of sp³-hybridized carbons (Fsp3) is 0.533. The number of halogens is 1. The maximum Gasteiger partial charge on any atom is 0.223 e. The molecule has 19 heavy (non-hydrogen) atoms. The van der Waals surface area contributed by atoms with Gasteiger partial charge in [-0.2, -0.15) is 0 Å². The monoisotopic (exact) mass is 280 g/mol. The molecule has 0 aromatic heterocycles. The van der Waals surface area contributed by atoms with Crippen LogP contribution in [0.3, 0.4) is 0 Å². The Balaban J connectivity index is 1.95. The highest BCUT2D eigenvalue weighted by Gasteiger charge is 2.21. The highest BCUT2D eigenvalue weighted by atomic mass is 35.5. The molecule has 1 atom stereocenters. The zero-order valence-corrected chi connectivity index (χ0v) is 12.1. The van der Waals surface area contributed by atoms with Gasteiger partial charge in [0.05, 0.1) is 0 Å². The predicted octanol–water partition coefficient (Wildman–Crippen LogP) is 2.69. The lowest BCUT2D eigenvalue weighted by atomic mass is 10.0. The molecule has 0 spiro atoms. The van der Waals surface area contributed by atoms with Gasteiger partial charge in [0, 0.05) is 24.5 Å². The molecule has 1 aliphatic rings. The second kappa shape index (κ2) is 6.92. The van der Waals surface area contributed by atoms with Gasteiger partial charge in [-0.25, -0.2) is 0 Å². The Hall–Kier alpha value is -1.06. The molecule has 0 bridgehead atoms. The van der Waals surface area contributed by atoms with E-state index in [4.69, 9.17) is 11.6 Å². The summed E-state index contributed by atoms with van der Waals surface area (Å²) in [5, 5.41) is 4.03. The molecule has 3 nitrogen and oxygen atoms in total. The first-order chi connectivity index (χ1) is 9.20. The fourth-order valence-corrected chi connectivity index (χ4v) is 2.67. The third kappa shape index (κ3) is 3.95. The average Bonchev–Trinajstić information content (AvgIpc) is 2.90. The number of rotatable bonds is 5. The first-order valence-electron chi connectivity index (χ1n) is 6.92. The van der Waals surface area contributed by atoms with Crippen molar-refractivity contribution < 1.29 is 4.79 Å². The van der Waals surface area contributed by atoms with Gasteiger partial charge in [-0.05, 0) is 44.0 Å². The lowest BCUT2D eigenvalue weighted by Crippen LogP contribution is -2.32. The van der Waals surface area contributed by atoms with Gasteiger partial charge in [0.1, 0.15) is 0 Å². The first kappa shape index (κ1) is 14.4. The van der Waals surface area contributed by atoms with Gasteiger partial charge in [0.2, 0.25) is 5.91 Å². The Bertz CT molecular complexity index is 430. The molecule has 1 aromatic rings.